The molecular weight excluding hydrogens is 300 g/mol. The van der Waals surface area contributed by atoms with Crippen LogP contribution in [0.15, 0.2) is 42.5 Å². The lowest BCUT2D eigenvalue weighted by Crippen LogP contribution is -2.47. The van der Waals surface area contributed by atoms with E-state index in [9.17, 15) is 9.59 Å². The maximum atomic E-state index is 12.8. The zero-order valence-corrected chi connectivity index (χ0v) is 14.5. The minimum atomic E-state index is -0.470. The number of likely N-dealkylation sites (tertiary alicyclic amines) is 1. The zero-order valence-electron chi connectivity index (χ0n) is 14.5. The van der Waals surface area contributed by atoms with Crippen LogP contribution in [0.1, 0.15) is 33.6 Å². The van der Waals surface area contributed by atoms with Crippen LogP contribution in [-0.4, -0.2) is 29.3 Å². The lowest BCUT2D eigenvalue weighted by Gasteiger charge is -2.30. The number of benzene rings is 2. The second-order valence-electron chi connectivity index (χ2n) is 7.42. The minimum Gasteiger partial charge on any atom is -0.330 e. The van der Waals surface area contributed by atoms with Gasteiger partial charge in [-0.05, 0) is 24.3 Å². The summed E-state index contributed by atoms with van der Waals surface area (Å²) in [7, 11) is 0. The van der Waals surface area contributed by atoms with Crippen molar-refractivity contribution in [3.05, 3.63) is 42.5 Å². The van der Waals surface area contributed by atoms with Crippen molar-refractivity contribution in [1.29, 1.82) is 0 Å². The molecule has 1 atom stereocenters. The van der Waals surface area contributed by atoms with Gasteiger partial charge in [0.05, 0.1) is 0 Å². The van der Waals surface area contributed by atoms with E-state index in [2.05, 4.69) is 5.32 Å². The van der Waals surface area contributed by atoms with Gasteiger partial charge in [0.25, 0.3) is 0 Å². The number of amides is 2. The van der Waals surface area contributed by atoms with Gasteiger partial charge in [0.2, 0.25) is 11.8 Å². The number of nitrogens with zero attached hydrogens (tertiary/aromatic N) is 1. The molecule has 2 amide bonds. The summed E-state index contributed by atoms with van der Waals surface area (Å²) in [5, 5.41) is 5.13. The van der Waals surface area contributed by atoms with Crippen molar-refractivity contribution in [2.24, 2.45) is 5.41 Å². The first-order chi connectivity index (χ1) is 11.4. The Hall–Kier alpha value is -2.36. The number of rotatable bonds is 2. The van der Waals surface area contributed by atoms with Gasteiger partial charge in [-0.1, -0.05) is 57.2 Å². The lowest BCUT2D eigenvalue weighted by atomic mass is 9.94. The molecule has 0 aromatic heterocycles. The summed E-state index contributed by atoms with van der Waals surface area (Å²) in [4.78, 5) is 27.1. The normalized spacial score (nSPS) is 18.0. The molecule has 1 aliphatic heterocycles. The van der Waals surface area contributed by atoms with Crippen LogP contribution in [0.5, 0.6) is 0 Å². The number of carbonyl (C=O) groups excluding carboxylic acids is 2. The molecule has 0 spiro atoms. The molecule has 0 radical (unpaired) electrons. The van der Waals surface area contributed by atoms with E-state index in [0.29, 0.717) is 6.54 Å². The molecule has 4 nitrogen and oxygen atoms in total. The SMILES string of the molecule is CC(C)(C)C(=O)N1CCC[C@H]1C(=O)Nc1cccc2ccccc12. The van der Waals surface area contributed by atoms with E-state index in [0.717, 1.165) is 29.3 Å². The van der Waals surface area contributed by atoms with Crippen LogP contribution in [0.4, 0.5) is 5.69 Å². The predicted octanol–water partition coefficient (Wildman–Crippen LogP) is 3.82. The first kappa shape index (κ1) is 16.5. The van der Waals surface area contributed by atoms with Crippen LogP contribution in [0.25, 0.3) is 10.8 Å². The van der Waals surface area contributed by atoms with Crippen LogP contribution in [-0.2, 0) is 9.59 Å². The van der Waals surface area contributed by atoms with Crippen LogP contribution >= 0.6 is 0 Å². The van der Waals surface area contributed by atoms with Gasteiger partial charge in [-0.2, -0.15) is 0 Å². The number of hydrogen-bond donors (Lipinski definition) is 1. The second-order valence-corrected chi connectivity index (χ2v) is 7.42. The molecule has 1 saturated heterocycles. The van der Waals surface area contributed by atoms with Crippen LogP contribution in [0.2, 0.25) is 0 Å². The van der Waals surface area contributed by atoms with Crippen molar-refractivity contribution in [1.82, 2.24) is 4.90 Å². The monoisotopic (exact) mass is 324 g/mol. The highest BCUT2D eigenvalue weighted by Crippen LogP contribution is 2.28. The summed E-state index contributed by atoms with van der Waals surface area (Å²) >= 11 is 0. The maximum absolute atomic E-state index is 12.8. The summed E-state index contributed by atoms with van der Waals surface area (Å²) in [5.41, 5.74) is 0.329. The molecule has 0 saturated carbocycles. The number of fused-ring (bicyclic) bond motifs is 1. The van der Waals surface area contributed by atoms with Gasteiger partial charge in [-0.15, -0.1) is 0 Å². The van der Waals surface area contributed by atoms with E-state index < -0.39 is 5.41 Å². The molecule has 1 fully saturated rings. The topological polar surface area (TPSA) is 49.4 Å². The van der Waals surface area contributed by atoms with Gasteiger partial charge >= 0.3 is 0 Å². The van der Waals surface area contributed by atoms with Gasteiger partial charge in [-0.25, -0.2) is 0 Å². The van der Waals surface area contributed by atoms with Gasteiger partial charge in [0.15, 0.2) is 0 Å². The molecule has 24 heavy (non-hydrogen) atoms. The minimum absolute atomic E-state index is 0.0399. The van der Waals surface area contributed by atoms with E-state index >= 15 is 0 Å². The van der Waals surface area contributed by atoms with Crippen molar-refractivity contribution in [2.45, 2.75) is 39.7 Å². The Morgan fingerprint density at radius 1 is 1.08 bits per heavy atom. The zero-order chi connectivity index (χ0) is 17.3. The Morgan fingerprint density at radius 3 is 2.54 bits per heavy atom. The highest BCUT2D eigenvalue weighted by Gasteiger charge is 2.38. The van der Waals surface area contributed by atoms with E-state index in [4.69, 9.17) is 0 Å². The highest BCUT2D eigenvalue weighted by molar-refractivity contribution is 6.05. The quantitative estimate of drug-likeness (QED) is 0.913. The molecule has 1 heterocycles. The molecule has 2 aromatic rings. The Balaban J connectivity index is 1.82. The smallest absolute Gasteiger partial charge is 0.247 e. The number of hydrogen-bond acceptors (Lipinski definition) is 2. The summed E-state index contributed by atoms with van der Waals surface area (Å²) in [5.74, 6) is -0.0560. The molecule has 1 aliphatic rings. The van der Waals surface area contributed by atoms with E-state index in [1.165, 1.54) is 0 Å². The highest BCUT2D eigenvalue weighted by atomic mass is 16.2. The molecule has 4 heteroatoms. The van der Waals surface area contributed by atoms with Gasteiger partial charge in [0.1, 0.15) is 6.04 Å². The summed E-state index contributed by atoms with van der Waals surface area (Å²) in [6.07, 6.45) is 1.59. The summed E-state index contributed by atoms with van der Waals surface area (Å²) in [6, 6.07) is 13.5. The van der Waals surface area contributed by atoms with Crippen LogP contribution in [0.3, 0.4) is 0 Å². The molecule has 126 valence electrons. The van der Waals surface area contributed by atoms with E-state index in [1.54, 1.807) is 4.90 Å². The largest absolute Gasteiger partial charge is 0.330 e. The fraction of sp³-hybridized carbons (Fsp3) is 0.400. The van der Waals surface area contributed by atoms with Crippen molar-refractivity contribution >= 4 is 28.3 Å². The fourth-order valence-electron chi connectivity index (χ4n) is 3.26. The third-order valence-electron chi connectivity index (χ3n) is 4.51. The summed E-state index contributed by atoms with van der Waals surface area (Å²) in [6.45, 7) is 6.34. The fourth-order valence-corrected chi connectivity index (χ4v) is 3.26. The Bertz CT molecular complexity index is 771. The number of nitrogens with one attached hydrogen (secondary N) is 1. The first-order valence-electron chi connectivity index (χ1n) is 8.47. The molecular formula is C20H24N2O2. The Morgan fingerprint density at radius 2 is 1.79 bits per heavy atom. The van der Waals surface area contributed by atoms with E-state index in [-0.39, 0.29) is 17.9 Å². The maximum Gasteiger partial charge on any atom is 0.247 e. The van der Waals surface area contributed by atoms with Crippen molar-refractivity contribution in [3.63, 3.8) is 0 Å². The van der Waals surface area contributed by atoms with E-state index in [1.807, 2.05) is 63.2 Å². The van der Waals surface area contributed by atoms with Gasteiger partial charge < -0.3 is 10.2 Å². The van der Waals surface area contributed by atoms with Crippen molar-refractivity contribution in [2.75, 3.05) is 11.9 Å². The standard InChI is InChI=1S/C20H24N2O2/c1-20(2,3)19(24)22-13-7-12-17(22)18(23)21-16-11-6-9-14-8-4-5-10-15(14)16/h4-6,8-11,17H,7,12-13H2,1-3H3,(H,21,23)/t17-/m0/s1. The summed E-state index contributed by atoms with van der Waals surface area (Å²) < 4.78 is 0. The average Bonchev–Trinajstić information content (AvgIpc) is 3.03. The molecule has 1 N–H and O–H groups in total. The number of carbonyl (C=O) groups is 2. The second kappa shape index (κ2) is 6.27. The van der Waals surface area contributed by atoms with Crippen LogP contribution in [0, 0.1) is 5.41 Å². The Kier molecular flexibility index (Phi) is 4.31. The first-order valence-corrected chi connectivity index (χ1v) is 8.47. The van der Waals surface area contributed by atoms with Gasteiger partial charge in [-0.3, -0.25) is 9.59 Å². The van der Waals surface area contributed by atoms with Crippen LogP contribution < -0.4 is 5.32 Å². The van der Waals surface area contributed by atoms with Crippen molar-refractivity contribution in [3.8, 4) is 0 Å². The average molecular weight is 324 g/mol. The molecule has 0 aliphatic carbocycles. The van der Waals surface area contributed by atoms with Gasteiger partial charge in [0, 0.05) is 23.0 Å². The van der Waals surface area contributed by atoms with Crippen molar-refractivity contribution < 1.29 is 9.59 Å². The Labute approximate surface area is 142 Å². The molecule has 0 bridgehead atoms. The third-order valence-corrected chi connectivity index (χ3v) is 4.51. The predicted molar refractivity (Wildman–Crippen MR) is 96.8 cm³/mol. The molecule has 3 rings (SSSR count). The number of anilines is 1. The third kappa shape index (κ3) is 3.14. The lowest BCUT2D eigenvalue weighted by molar-refractivity contribution is -0.143. The molecule has 2 aromatic carbocycles. The molecule has 0 unspecified atom stereocenters.